The lowest BCUT2D eigenvalue weighted by Crippen LogP contribution is -2.30. The summed E-state index contributed by atoms with van der Waals surface area (Å²) in [7, 11) is 0. The first-order valence-corrected chi connectivity index (χ1v) is 20.8. The number of allylic oxidation sites excluding steroid dienone is 2. The summed E-state index contributed by atoms with van der Waals surface area (Å²) in [6.45, 7) is 4.24. The molecule has 0 aromatic heterocycles. The predicted molar refractivity (Wildman–Crippen MR) is 207 cm³/mol. The van der Waals surface area contributed by atoms with Gasteiger partial charge in [0.25, 0.3) is 0 Å². The molecule has 0 aliphatic heterocycles. The summed E-state index contributed by atoms with van der Waals surface area (Å²) in [6, 6.07) is 8.70. The van der Waals surface area contributed by atoms with Crippen LogP contribution in [0.15, 0.2) is 42.5 Å². The standard InChI is InChI=1S/C44H74O6/c1-3-5-7-9-11-13-15-17-18-20-22-24-26-28-33-37-43(46)50-41(39-49-44(47)40-34-30-29-31-35-40)38-48-42(45)36-32-27-25-23-21-19-16-14-12-10-8-6-4-2/h17-18,29-31,34-35,41H,3-16,19-28,32-33,36-39H2,1-2H3/b18-17-. The normalized spacial score (nSPS) is 11.9. The van der Waals surface area contributed by atoms with E-state index in [0.717, 1.165) is 51.4 Å². The van der Waals surface area contributed by atoms with Crippen LogP contribution < -0.4 is 0 Å². The first kappa shape index (κ1) is 45.4. The number of esters is 3. The van der Waals surface area contributed by atoms with E-state index in [1.807, 2.05) is 6.07 Å². The quantitative estimate of drug-likeness (QED) is 0.0304. The second kappa shape index (κ2) is 34.8. The van der Waals surface area contributed by atoms with E-state index in [1.54, 1.807) is 24.3 Å². The minimum absolute atomic E-state index is 0.114. The Balaban J connectivity index is 2.23. The van der Waals surface area contributed by atoms with Gasteiger partial charge < -0.3 is 14.2 Å². The van der Waals surface area contributed by atoms with Gasteiger partial charge in [0, 0.05) is 12.8 Å². The van der Waals surface area contributed by atoms with Gasteiger partial charge >= 0.3 is 17.9 Å². The Morgan fingerprint density at radius 2 is 0.900 bits per heavy atom. The van der Waals surface area contributed by atoms with E-state index < -0.39 is 12.1 Å². The highest BCUT2D eigenvalue weighted by atomic mass is 16.6. The van der Waals surface area contributed by atoms with Crippen LogP contribution in [-0.2, 0) is 23.8 Å². The summed E-state index contributed by atoms with van der Waals surface area (Å²) < 4.78 is 16.5. The monoisotopic (exact) mass is 699 g/mol. The van der Waals surface area contributed by atoms with Crippen LogP contribution in [0.1, 0.15) is 204 Å². The maximum atomic E-state index is 12.6. The highest BCUT2D eigenvalue weighted by Crippen LogP contribution is 2.14. The molecule has 6 nitrogen and oxygen atoms in total. The average molecular weight is 699 g/mol. The SMILES string of the molecule is CCCCCCCC/C=C\CCCCCCCC(=O)OC(COC(=O)CCCCCCCCCCCCCCC)COC(=O)c1ccccc1. The highest BCUT2D eigenvalue weighted by Gasteiger charge is 2.20. The number of carbonyl (C=O) groups excluding carboxylic acids is 3. The van der Waals surface area contributed by atoms with Gasteiger partial charge in [-0.2, -0.15) is 0 Å². The molecule has 0 amide bonds. The van der Waals surface area contributed by atoms with Crippen LogP contribution in [0.4, 0.5) is 0 Å². The van der Waals surface area contributed by atoms with Crippen molar-refractivity contribution in [1.29, 1.82) is 0 Å². The van der Waals surface area contributed by atoms with Crippen LogP contribution >= 0.6 is 0 Å². The van der Waals surface area contributed by atoms with Crippen molar-refractivity contribution < 1.29 is 28.6 Å². The van der Waals surface area contributed by atoms with Crippen LogP contribution in [-0.4, -0.2) is 37.2 Å². The largest absolute Gasteiger partial charge is 0.462 e. The van der Waals surface area contributed by atoms with Crippen molar-refractivity contribution in [2.75, 3.05) is 13.2 Å². The van der Waals surface area contributed by atoms with Crippen LogP contribution in [0.3, 0.4) is 0 Å². The molecule has 0 bridgehead atoms. The molecular weight excluding hydrogens is 624 g/mol. The molecule has 1 aromatic carbocycles. The Labute approximate surface area is 306 Å². The van der Waals surface area contributed by atoms with Gasteiger partial charge in [-0.3, -0.25) is 9.59 Å². The smallest absolute Gasteiger partial charge is 0.338 e. The molecule has 0 fully saturated rings. The Morgan fingerprint density at radius 3 is 1.38 bits per heavy atom. The topological polar surface area (TPSA) is 78.9 Å². The number of rotatable bonds is 35. The number of hydrogen-bond acceptors (Lipinski definition) is 6. The van der Waals surface area contributed by atoms with Gasteiger partial charge in [0.05, 0.1) is 5.56 Å². The van der Waals surface area contributed by atoms with Crippen LogP contribution in [0.5, 0.6) is 0 Å². The van der Waals surface area contributed by atoms with Gasteiger partial charge in [0.2, 0.25) is 0 Å². The molecule has 0 saturated heterocycles. The molecular formula is C44H74O6. The number of ether oxygens (including phenoxy) is 3. The lowest BCUT2D eigenvalue weighted by Gasteiger charge is -2.18. The molecule has 0 spiro atoms. The predicted octanol–water partition coefficient (Wildman–Crippen LogP) is 12.8. The average Bonchev–Trinajstić information content (AvgIpc) is 3.13. The zero-order valence-corrected chi connectivity index (χ0v) is 32.3. The van der Waals surface area contributed by atoms with E-state index in [4.69, 9.17) is 14.2 Å². The number of unbranched alkanes of at least 4 members (excludes halogenated alkanes) is 23. The van der Waals surface area contributed by atoms with Gasteiger partial charge in [-0.1, -0.05) is 173 Å². The molecule has 6 heteroatoms. The summed E-state index contributed by atoms with van der Waals surface area (Å²) in [5, 5.41) is 0. The number of benzene rings is 1. The summed E-state index contributed by atoms with van der Waals surface area (Å²) in [5.41, 5.74) is 0.422. The Hall–Kier alpha value is -2.63. The molecule has 0 aliphatic carbocycles. The highest BCUT2D eigenvalue weighted by molar-refractivity contribution is 5.89. The van der Waals surface area contributed by atoms with E-state index >= 15 is 0 Å². The lowest BCUT2D eigenvalue weighted by atomic mass is 10.0. The molecule has 50 heavy (non-hydrogen) atoms. The number of hydrogen-bond donors (Lipinski definition) is 0. The molecule has 0 N–H and O–H groups in total. The summed E-state index contributed by atoms with van der Waals surface area (Å²) in [6.07, 6.45) is 36.2. The first-order valence-electron chi connectivity index (χ1n) is 20.8. The van der Waals surface area contributed by atoms with Crippen molar-refractivity contribution in [2.24, 2.45) is 0 Å². The third-order valence-electron chi connectivity index (χ3n) is 9.27. The fraction of sp³-hybridized carbons (Fsp3) is 0.750. The summed E-state index contributed by atoms with van der Waals surface area (Å²) in [5.74, 6) is -1.15. The van der Waals surface area contributed by atoms with E-state index in [0.29, 0.717) is 18.4 Å². The van der Waals surface area contributed by atoms with Crippen molar-refractivity contribution >= 4 is 17.9 Å². The Kier molecular flexibility index (Phi) is 31.6. The Bertz CT molecular complexity index is 959. The third kappa shape index (κ3) is 29.1. The minimum atomic E-state index is -0.825. The van der Waals surface area contributed by atoms with Gasteiger partial charge in [-0.15, -0.1) is 0 Å². The molecule has 286 valence electrons. The van der Waals surface area contributed by atoms with Crippen LogP contribution in [0.2, 0.25) is 0 Å². The fourth-order valence-corrected chi connectivity index (χ4v) is 6.07. The van der Waals surface area contributed by atoms with Crippen LogP contribution in [0.25, 0.3) is 0 Å². The molecule has 1 rings (SSSR count). The van der Waals surface area contributed by atoms with Gasteiger partial charge in [0.15, 0.2) is 6.10 Å². The van der Waals surface area contributed by atoms with Crippen molar-refractivity contribution in [3.05, 3.63) is 48.0 Å². The fourth-order valence-electron chi connectivity index (χ4n) is 6.07. The van der Waals surface area contributed by atoms with Gasteiger partial charge in [-0.05, 0) is 50.7 Å². The maximum Gasteiger partial charge on any atom is 0.338 e. The van der Waals surface area contributed by atoms with E-state index in [2.05, 4.69) is 26.0 Å². The molecule has 1 unspecified atom stereocenters. The van der Waals surface area contributed by atoms with E-state index in [1.165, 1.54) is 116 Å². The second-order valence-corrected chi connectivity index (χ2v) is 14.1. The van der Waals surface area contributed by atoms with E-state index in [-0.39, 0.29) is 25.2 Å². The number of carbonyl (C=O) groups is 3. The zero-order valence-electron chi connectivity index (χ0n) is 32.3. The van der Waals surface area contributed by atoms with Crippen molar-refractivity contribution in [3.8, 4) is 0 Å². The van der Waals surface area contributed by atoms with Crippen LogP contribution in [0, 0.1) is 0 Å². The first-order chi connectivity index (χ1) is 24.6. The minimum Gasteiger partial charge on any atom is -0.462 e. The molecule has 0 radical (unpaired) electrons. The Morgan fingerprint density at radius 1 is 0.500 bits per heavy atom. The maximum absolute atomic E-state index is 12.6. The molecule has 0 aliphatic rings. The molecule has 1 atom stereocenters. The molecule has 1 aromatic rings. The summed E-state index contributed by atoms with van der Waals surface area (Å²) in [4.78, 5) is 37.6. The van der Waals surface area contributed by atoms with Crippen molar-refractivity contribution in [3.63, 3.8) is 0 Å². The van der Waals surface area contributed by atoms with E-state index in [9.17, 15) is 14.4 Å². The van der Waals surface area contributed by atoms with Crippen molar-refractivity contribution in [1.82, 2.24) is 0 Å². The van der Waals surface area contributed by atoms with Crippen molar-refractivity contribution in [2.45, 2.75) is 200 Å². The molecule has 0 saturated carbocycles. The zero-order chi connectivity index (χ0) is 36.2. The molecule has 0 heterocycles. The third-order valence-corrected chi connectivity index (χ3v) is 9.27. The summed E-state index contributed by atoms with van der Waals surface area (Å²) >= 11 is 0. The van der Waals surface area contributed by atoms with Gasteiger partial charge in [0.1, 0.15) is 13.2 Å². The lowest BCUT2D eigenvalue weighted by molar-refractivity contribution is -0.161. The van der Waals surface area contributed by atoms with Gasteiger partial charge in [-0.25, -0.2) is 4.79 Å². The second-order valence-electron chi connectivity index (χ2n) is 14.1.